The van der Waals surface area contributed by atoms with Gasteiger partial charge in [0.25, 0.3) is 5.91 Å². The monoisotopic (exact) mass is 601 g/mol. The van der Waals surface area contributed by atoms with E-state index in [0.29, 0.717) is 13.1 Å². The Balaban J connectivity index is 1.44. The molecule has 10 nitrogen and oxygen atoms in total. The number of Topliss-reactive ketones (excluding diaryl/α,β-unsaturated/α-hetero) is 2. The Labute approximate surface area is 251 Å². The molecule has 0 bridgehead atoms. The Morgan fingerprint density at radius 3 is 2.39 bits per heavy atom. The average Bonchev–Trinajstić information content (AvgIpc) is 2.98. The first-order valence-electron chi connectivity index (χ1n) is 14.2. The number of ketones is 2. The number of halogens is 1. The van der Waals surface area contributed by atoms with Crippen molar-refractivity contribution < 1.29 is 39.2 Å². The van der Waals surface area contributed by atoms with Gasteiger partial charge in [-0.2, -0.15) is 0 Å². The maximum absolute atomic E-state index is 16.1. The number of phenols is 1. The summed E-state index contributed by atoms with van der Waals surface area (Å²) in [5, 5.41) is 49.1. The fraction of sp³-hybridized carbons (Fsp3) is 0.303. The number of aliphatic hydroxyl groups excluding tert-OH is 2. The molecule has 1 saturated carbocycles. The number of nitrogens with one attached hydrogen (secondary N) is 1. The molecule has 44 heavy (non-hydrogen) atoms. The molecule has 7 N–H and O–H groups in total. The third-order valence-electron chi connectivity index (χ3n) is 9.19. The Morgan fingerprint density at radius 2 is 1.73 bits per heavy atom. The summed E-state index contributed by atoms with van der Waals surface area (Å²) in [6, 6.07) is 13.4. The lowest BCUT2D eigenvalue weighted by Gasteiger charge is -2.50. The second kappa shape index (κ2) is 10.5. The van der Waals surface area contributed by atoms with Gasteiger partial charge >= 0.3 is 0 Å². The Hall–Kier alpha value is -4.58. The molecule has 3 aromatic carbocycles. The lowest BCUT2D eigenvalue weighted by Crippen LogP contribution is -2.65. The molecule has 0 aromatic heterocycles. The molecule has 3 aromatic rings. The van der Waals surface area contributed by atoms with Gasteiger partial charge in [-0.15, -0.1) is 0 Å². The maximum atomic E-state index is 16.1. The zero-order valence-electron chi connectivity index (χ0n) is 24.1. The van der Waals surface area contributed by atoms with Crippen LogP contribution in [0.3, 0.4) is 0 Å². The largest absolute Gasteiger partial charge is 0.508 e. The lowest BCUT2D eigenvalue weighted by atomic mass is 9.57. The number of likely N-dealkylation sites (N-methyl/N-ethyl adjacent to an activating group) is 1. The third-order valence-corrected chi connectivity index (χ3v) is 9.19. The molecule has 0 radical (unpaired) electrons. The molecule has 3 aliphatic rings. The number of nitrogens with two attached hydrogens (primary N) is 1. The number of carbonyl (C=O) groups is 3. The van der Waals surface area contributed by atoms with E-state index in [9.17, 15) is 34.8 Å². The van der Waals surface area contributed by atoms with Crippen LogP contribution in [-0.2, 0) is 33.9 Å². The number of rotatable bonds is 6. The van der Waals surface area contributed by atoms with Crippen molar-refractivity contribution in [3.63, 3.8) is 0 Å². The Kier molecular flexibility index (Phi) is 7.07. The number of fused-ring (bicyclic) bond motifs is 4. The van der Waals surface area contributed by atoms with Gasteiger partial charge in [-0.1, -0.05) is 42.5 Å². The highest BCUT2D eigenvalue weighted by Gasteiger charge is 2.64. The van der Waals surface area contributed by atoms with Gasteiger partial charge in [0.2, 0.25) is 5.78 Å². The predicted molar refractivity (Wildman–Crippen MR) is 159 cm³/mol. The minimum absolute atomic E-state index is 0.00410. The smallest absolute Gasteiger partial charge is 0.255 e. The molecule has 1 fully saturated rings. The SMILES string of the molecule is CN(C)[C@@H]1C(=O)C(C(N)=O)=C(O)[C@@]2(O)C(=O)C3=C(O)c4c(c(F)c5ccc(CNCc6ccccc6)cc5c4O)C[C@H]3C[C@@H]12. The number of nitrogens with zero attached hydrogens (tertiary/aromatic N) is 1. The maximum Gasteiger partial charge on any atom is 0.255 e. The standard InChI is InChI=1S/C33H32FN3O7/c1-37(2)26-21-12-17-11-20-23(28(39)22(17)30(41)33(21,44)31(42)24(29(26)40)32(35)43)27(38)19-10-16(8-9-18(19)25(20)34)14-36-13-15-6-4-3-5-7-15/h3-10,17,21,26,36,38-39,42,44H,11-14H2,1-2H3,(H2,35,43)/t17-,21-,26-,33-/m0/s1. The summed E-state index contributed by atoms with van der Waals surface area (Å²) in [6.07, 6.45) is -0.236. The predicted octanol–water partition coefficient (Wildman–Crippen LogP) is 2.55. The van der Waals surface area contributed by atoms with E-state index >= 15 is 4.39 Å². The molecule has 6 rings (SSSR count). The summed E-state index contributed by atoms with van der Waals surface area (Å²) in [7, 11) is 3.03. The number of phenolic OH excluding ortho intramolecular Hbond substituents is 1. The Bertz CT molecular complexity index is 1820. The van der Waals surface area contributed by atoms with Crippen LogP contribution in [0.1, 0.15) is 28.7 Å². The molecular formula is C33H32FN3O7. The summed E-state index contributed by atoms with van der Waals surface area (Å²) in [6.45, 7) is 0.993. The van der Waals surface area contributed by atoms with E-state index in [1.807, 2.05) is 30.3 Å². The topological polar surface area (TPSA) is 173 Å². The van der Waals surface area contributed by atoms with Gasteiger partial charge in [0.05, 0.1) is 11.6 Å². The minimum atomic E-state index is -2.76. The normalized spacial score (nSPS) is 24.9. The summed E-state index contributed by atoms with van der Waals surface area (Å²) in [5.74, 6) is -8.39. The van der Waals surface area contributed by atoms with Crippen molar-refractivity contribution in [1.29, 1.82) is 0 Å². The second-order valence-corrected chi connectivity index (χ2v) is 11.9. The van der Waals surface area contributed by atoms with Gasteiger partial charge < -0.3 is 31.5 Å². The molecule has 4 atom stereocenters. The molecule has 3 aliphatic carbocycles. The number of benzene rings is 3. The van der Waals surface area contributed by atoms with E-state index in [-0.39, 0.29) is 40.3 Å². The van der Waals surface area contributed by atoms with Crippen molar-refractivity contribution in [3.8, 4) is 5.75 Å². The lowest BCUT2D eigenvalue weighted by molar-refractivity contribution is -0.153. The zero-order chi connectivity index (χ0) is 31.7. The number of aromatic hydroxyl groups is 1. The summed E-state index contributed by atoms with van der Waals surface area (Å²) in [5.41, 5.74) is 2.92. The van der Waals surface area contributed by atoms with E-state index in [2.05, 4.69) is 5.32 Å². The van der Waals surface area contributed by atoms with Crippen LogP contribution in [0.15, 0.2) is 65.4 Å². The first kappa shape index (κ1) is 29.5. The first-order valence-corrected chi connectivity index (χ1v) is 14.2. The van der Waals surface area contributed by atoms with Gasteiger partial charge in [0.1, 0.15) is 28.7 Å². The zero-order valence-corrected chi connectivity index (χ0v) is 24.1. The van der Waals surface area contributed by atoms with Gasteiger partial charge in [0.15, 0.2) is 11.4 Å². The second-order valence-electron chi connectivity index (χ2n) is 11.9. The molecule has 228 valence electrons. The van der Waals surface area contributed by atoms with Crippen LogP contribution in [0.25, 0.3) is 16.5 Å². The van der Waals surface area contributed by atoms with Gasteiger partial charge in [-0.05, 0) is 50.0 Å². The number of hydrogen-bond donors (Lipinski definition) is 6. The van der Waals surface area contributed by atoms with Crippen molar-refractivity contribution in [3.05, 3.63) is 93.5 Å². The summed E-state index contributed by atoms with van der Waals surface area (Å²) in [4.78, 5) is 40.8. The van der Waals surface area contributed by atoms with E-state index in [1.165, 1.54) is 19.0 Å². The first-order chi connectivity index (χ1) is 20.9. The van der Waals surface area contributed by atoms with E-state index in [1.54, 1.807) is 18.2 Å². The fourth-order valence-corrected chi connectivity index (χ4v) is 7.16. The molecule has 1 amide bonds. The highest BCUT2D eigenvalue weighted by atomic mass is 19.1. The van der Waals surface area contributed by atoms with Gasteiger partial charge in [-0.25, -0.2) is 4.39 Å². The van der Waals surface area contributed by atoms with E-state index < -0.39 is 69.6 Å². The molecule has 0 spiro atoms. The number of primary amides is 1. The Morgan fingerprint density at radius 1 is 1.05 bits per heavy atom. The summed E-state index contributed by atoms with van der Waals surface area (Å²) < 4.78 is 16.1. The number of carbonyl (C=O) groups excluding carboxylic acids is 3. The highest BCUT2D eigenvalue weighted by Crippen LogP contribution is 2.53. The van der Waals surface area contributed by atoms with Crippen LogP contribution in [0.5, 0.6) is 5.75 Å². The van der Waals surface area contributed by atoms with E-state index in [0.717, 1.165) is 11.1 Å². The van der Waals surface area contributed by atoms with Crippen molar-refractivity contribution in [2.45, 2.75) is 37.6 Å². The molecule has 0 heterocycles. The highest BCUT2D eigenvalue weighted by molar-refractivity contribution is 6.24. The van der Waals surface area contributed by atoms with Gasteiger partial charge in [0, 0.05) is 40.9 Å². The average molecular weight is 602 g/mol. The third kappa shape index (κ3) is 4.22. The number of hydrogen-bond acceptors (Lipinski definition) is 9. The molecule has 11 heteroatoms. The number of amides is 1. The molecule has 0 saturated heterocycles. The van der Waals surface area contributed by atoms with E-state index in [4.69, 9.17) is 5.73 Å². The van der Waals surface area contributed by atoms with Crippen LogP contribution in [0.4, 0.5) is 4.39 Å². The van der Waals surface area contributed by atoms with Crippen LogP contribution >= 0.6 is 0 Å². The minimum Gasteiger partial charge on any atom is -0.508 e. The van der Waals surface area contributed by atoms with Crippen molar-refractivity contribution in [1.82, 2.24) is 10.2 Å². The number of aliphatic hydroxyl groups is 3. The van der Waals surface area contributed by atoms with Gasteiger partial charge in [-0.3, -0.25) is 19.3 Å². The van der Waals surface area contributed by atoms with Crippen molar-refractivity contribution in [2.75, 3.05) is 14.1 Å². The van der Waals surface area contributed by atoms with Crippen LogP contribution < -0.4 is 11.1 Å². The van der Waals surface area contributed by atoms with Crippen LogP contribution in [-0.4, -0.2) is 68.5 Å². The quantitative estimate of drug-likeness (QED) is 0.232. The fourth-order valence-electron chi connectivity index (χ4n) is 7.16. The molecule has 0 aliphatic heterocycles. The molecular weight excluding hydrogens is 569 g/mol. The van der Waals surface area contributed by atoms with Crippen LogP contribution in [0.2, 0.25) is 0 Å². The molecule has 0 unspecified atom stereocenters. The van der Waals surface area contributed by atoms with Crippen LogP contribution in [0, 0.1) is 17.7 Å². The van der Waals surface area contributed by atoms with Crippen molar-refractivity contribution in [2.24, 2.45) is 17.6 Å². The van der Waals surface area contributed by atoms with Crippen molar-refractivity contribution >= 4 is 34.0 Å². The summed E-state index contributed by atoms with van der Waals surface area (Å²) >= 11 is 0.